The quantitative estimate of drug-likeness (QED) is 0.925. The molecule has 1 aromatic heterocycles. The van der Waals surface area contributed by atoms with Crippen molar-refractivity contribution in [1.29, 1.82) is 0 Å². The fourth-order valence-electron chi connectivity index (χ4n) is 3.00. The molecule has 1 aromatic carbocycles. The minimum absolute atomic E-state index is 0.0376. The Labute approximate surface area is 131 Å². The van der Waals surface area contributed by atoms with E-state index in [4.69, 9.17) is 0 Å². The highest BCUT2D eigenvalue weighted by Crippen LogP contribution is 2.20. The van der Waals surface area contributed by atoms with Crippen LogP contribution in [0.1, 0.15) is 48.0 Å². The molecule has 3 heteroatoms. The molecule has 1 aliphatic rings. The van der Waals surface area contributed by atoms with Crippen LogP contribution in [-0.4, -0.2) is 16.9 Å². The molecule has 3 nitrogen and oxygen atoms in total. The zero-order valence-corrected chi connectivity index (χ0v) is 13.0. The molecule has 0 bridgehead atoms. The standard InChI is InChI=1S/C19H22N2O/c1-14-11-12-20-18(13-14)15-7-9-16(10-8-15)19(22)21-17-5-3-2-4-6-17/h7-13,17H,2-6H2,1H3,(H,21,22). The summed E-state index contributed by atoms with van der Waals surface area (Å²) in [5, 5.41) is 3.15. The van der Waals surface area contributed by atoms with Crippen molar-refractivity contribution in [3.05, 3.63) is 53.7 Å². The van der Waals surface area contributed by atoms with E-state index in [0.29, 0.717) is 6.04 Å². The Morgan fingerprint density at radius 1 is 1.09 bits per heavy atom. The van der Waals surface area contributed by atoms with E-state index in [1.54, 1.807) is 0 Å². The molecule has 114 valence electrons. The molecule has 1 aliphatic carbocycles. The van der Waals surface area contributed by atoms with E-state index >= 15 is 0 Å². The number of nitrogens with zero attached hydrogens (tertiary/aromatic N) is 1. The molecule has 0 atom stereocenters. The highest BCUT2D eigenvalue weighted by Gasteiger charge is 2.16. The Morgan fingerprint density at radius 2 is 1.82 bits per heavy atom. The van der Waals surface area contributed by atoms with Gasteiger partial charge in [0.25, 0.3) is 5.91 Å². The average Bonchev–Trinajstić information content (AvgIpc) is 2.56. The Morgan fingerprint density at radius 3 is 2.50 bits per heavy atom. The summed E-state index contributed by atoms with van der Waals surface area (Å²) in [5.41, 5.74) is 3.89. The fraction of sp³-hybridized carbons (Fsp3) is 0.368. The van der Waals surface area contributed by atoms with Gasteiger partial charge in [-0.05, 0) is 49.6 Å². The van der Waals surface area contributed by atoms with E-state index in [2.05, 4.69) is 23.3 Å². The van der Waals surface area contributed by atoms with Crippen LogP contribution in [0.15, 0.2) is 42.6 Å². The van der Waals surface area contributed by atoms with Gasteiger partial charge in [0.1, 0.15) is 0 Å². The molecule has 0 aliphatic heterocycles. The average molecular weight is 294 g/mol. The predicted octanol–water partition coefficient (Wildman–Crippen LogP) is 4.12. The van der Waals surface area contributed by atoms with E-state index in [1.807, 2.05) is 36.5 Å². The summed E-state index contributed by atoms with van der Waals surface area (Å²) in [7, 11) is 0. The van der Waals surface area contributed by atoms with Crippen molar-refractivity contribution >= 4 is 5.91 Å². The minimum Gasteiger partial charge on any atom is -0.349 e. The summed E-state index contributed by atoms with van der Waals surface area (Å²) >= 11 is 0. The smallest absolute Gasteiger partial charge is 0.251 e. The van der Waals surface area contributed by atoms with E-state index in [-0.39, 0.29) is 5.91 Å². The van der Waals surface area contributed by atoms with Crippen LogP contribution >= 0.6 is 0 Å². The first-order chi connectivity index (χ1) is 10.7. The van der Waals surface area contributed by atoms with Crippen LogP contribution in [0, 0.1) is 6.92 Å². The molecule has 2 aromatic rings. The van der Waals surface area contributed by atoms with Gasteiger partial charge < -0.3 is 5.32 Å². The van der Waals surface area contributed by atoms with Gasteiger partial charge in [-0.15, -0.1) is 0 Å². The van der Waals surface area contributed by atoms with Gasteiger partial charge in [-0.3, -0.25) is 9.78 Å². The molecule has 0 saturated heterocycles. The van der Waals surface area contributed by atoms with Gasteiger partial charge in [0.15, 0.2) is 0 Å². The highest BCUT2D eigenvalue weighted by atomic mass is 16.1. The SMILES string of the molecule is Cc1ccnc(-c2ccc(C(=O)NC3CCCCC3)cc2)c1. The number of nitrogens with one attached hydrogen (secondary N) is 1. The molecule has 1 heterocycles. The molecule has 1 N–H and O–H groups in total. The Hall–Kier alpha value is -2.16. The van der Waals surface area contributed by atoms with E-state index in [1.165, 1.54) is 24.8 Å². The molecular formula is C19H22N2O. The van der Waals surface area contributed by atoms with Crippen molar-refractivity contribution in [2.75, 3.05) is 0 Å². The maximum Gasteiger partial charge on any atom is 0.251 e. The fourth-order valence-corrected chi connectivity index (χ4v) is 3.00. The number of aromatic nitrogens is 1. The summed E-state index contributed by atoms with van der Waals surface area (Å²) in [4.78, 5) is 16.7. The summed E-state index contributed by atoms with van der Waals surface area (Å²) in [6.07, 6.45) is 7.78. The van der Waals surface area contributed by atoms with Gasteiger partial charge in [-0.1, -0.05) is 31.4 Å². The van der Waals surface area contributed by atoms with Crippen LogP contribution in [0.25, 0.3) is 11.3 Å². The lowest BCUT2D eigenvalue weighted by Gasteiger charge is -2.22. The molecule has 0 unspecified atom stereocenters. The highest BCUT2D eigenvalue weighted by molar-refractivity contribution is 5.94. The van der Waals surface area contributed by atoms with Crippen molar-refractivity contribution in [2.24, 2.45) is 0 Å². The van der Waals surface area contributed by atoms with Gasteiger partial charge in [-0.25, -0.2) is 0 Å². The second-order valence-electron chi connectivity index (χ2n) is 6.10. The number of rotatable bonds is 3. The third kappa shape index (κ3) is 3.53. The van der Waals surface area contributed by atoms with Crippen molar-refractivity contribution in [2.45, 2.75) is 45.1 Å². The Kier molecular flexibility index (Phi) is 4.52. The number of amides is 1. The van der Waals surface area contributed by atoms with Crippen molar-refractivity contribution in [3.8, 4) is 11.3 Å². The first kappa shape index (κ1) is 14.8. The zero-order chi connectivity index (χ0) is 15.4. The van der Waals surface area contributed by atoms with Gasteiger partial charge in [0.05, 0.1) is 5.69 Å². The third-order valence-electron chi connectivity index (χ3n) is 4.30. The number of carbonyl (C=O) groups is 1. The van der Waals surface area contributed by atoms with Crippen LogP contribution < -0.4 is 5.32 Å². The van der Waals surface area contributed by atoms with Crippen LogP contribution in [0.3, 0.4) is 0 Å². The number of hydrogen-bond donors (Lipinski definition) is 1. The number of hydrogen-bond acceptors (Lipinski definition) is 2. The first-order valence-corrected chi connectivity index (χ1v) is 8.06. The Bertz CT molecular complexity index is 643. The second kappa shape index (κ2) is 6.73. The van der Waals surface area contributed by atoms with Crippen molar-refractivity contribution in [3.63, 3.8) is 0 Å². The van der Waals surface area contributed by atoms with E-state index < -0.39 is 0 Å². The molecule has 0 radical (unpaired) electrons. The largest absolute Gasteiger partial charge is 0.349 e. The van der Waals surface area contributed by atoms with Gasteiger partial charge in [0.2, 0.25) is 0 Å². The van der Waals surface area contributed by atoms with Crippen LogP contribution in [0.5, 0.6) is 0 Å². The third-order valence-corrected chi connectivity index (χ3v) is 4.30. The van der Waals surface area contributed by atoms with Gasteiger partial charge in [0, 0.05) is 23.4 Å². The number of benzene rings is 1. The summed E-state index contributed by atoms with van der Waals surface area (Å²) in [6.45, 7) is 2.05. The molecular weight excluding hydrogens is 272 g/mol. The molecule has 22 heavy (non-hydrogen) atoms. The summed E-state index contributed by atoms with van der Waals surface area (Å²) in [6, 6.07) is 12.1. The number of carbonyl (C=O) groups excluding carboxylic acids is 1. The second-order valence-corrected chi connectivity index (χ2v) is 6.10. The topological polar surface area (TPSA) is 42.0 Å². The first-order valence-electron chi connectivity index (χ1n) is 8.06. The zero-order valence-electron chi connectivity index (χ0n) is 13.0. The van der Waals surface area contributed by atoms with E-state index in [9.17, 15) is 4.79 Å². The lowest BCUT2D eigenvalue weighted by molar-refractivity contribution is 0.0928. The van der Waals surface area contributed by atoms with Gasteiger partial charge >= 0.3 is 0 Å². The molecule has 1 fully saturated rings. The van der Waals surface area contributed by atoms with Crippen molar-refractivity contribution in [1.82, 2.24) is 10.3 Å². The monoisotopic (exact) mass is 294 g/mol. The molecule has 0 spiro atoms. The minimum atomic E-state index is 0.0376. The number of pyridine rings is 1. The van der Waals surface area contributed by atoms with E-state index in [0.717, 1.165) is 29.7 Å². The lowest BCUT2D eigenvalue weighted by Crippen LogP contribution is -2.36. The van der Waals surface area contributed by atoms with Crippen LogP contribution in [0.4, 0.5) is 0 Å². The summed E-state index contributed by atoms with van der Waals surface area (Å²) in [5.74, 6) is 0.0376. The molecule has 1 saturated carbocycles. The molecule has 3 rings (SSSR count). The molecule has 1 amide bonds. The maximum absolute atomic E-state index is 12.3. The van der Waals surface area contributed by atoms with Crippen LogP contribution in [0.2, 0.25) is 0 Å². The van der Waals surface area contributed by atoms with Gasteiger partial charge in [-0.2, -0.15) is 0 Å². The Balaban J connectivity index is 1.69. The maximum atomic E-state index is 12.3. The predicted molar refractivity (Wildman–Crippen MR) is 88.7 cm³/mol. The van der Waals surface area contributed by atoms with Crippen molar-refractivity contribution < 1.29 is 4.79 Å². The van der Waals surface area contributed by atoms with Crippen LogP contribution in [-0.2, 0) is 0 Å². The summed E-state index contributed by atoms with van der Waals surface area (Å²) < 4.78 is 0. The lowest BCUT2D eigenvalue weighted by atomic mass is 9.95. The normalized spacial score (nSPS) is 15.5. The number of aryl methyl sites for hydroxylation is 1.